The molecule has 2 heterocycles. The number of nitrogens with zero attached hydrogens (tertiary/aromatic N) is 4. The van der Waals surface area contributed by atoms with E-state index in [2.05, 4.69) is 20.3 Å². The highest BCUT2D eigenvalue weighted by Crippen LogP contribution is 2.16. The molecule has 5 nitrogen and oxygen atoms in total. The molecule has 0 fully saturated rings. The van der Waals surface area contributed by atoms with Crippen LogP contribution in [0.1, 0.15) is 0 Å². The summed E-state index contributed by atoms with van der Waals surface area (Å²) < 4.78 is 1.94. The van der Waals surface area contributed by atoms with E-state index in [1.807, 2.05) is 11.6 Å². The summed E-state index contributed by atoms with van der Waals surface area (Å²) >= 11 is 5.86. The monoisotopic (exact) mass is 211 g/mol. The van der Waals surface area contributed by atoms with Crippen molar-refractivity contribution in [2.24, 2.45) is 0 Å². The van der Waals surface area contributed by atoms with Crippen molar-refractivity contribution in [2.75, 3.05) is 13.6 Å². The quantitative estimate of drug-likeness (QED) is 0.760. The molecule has 0 aliphatic heterocycles. The van der Waals surface area contributed by atoms with Crippen LogP contribution < -0.4 is 5.32 Å². The molecule has 6 heteroatoms. The zero-order valence-corrected chi connectivity index (χ0v) is 8.49. The molecule has 0 aliphatic rings. The maximum absolute atomic E-state index is 5.86. The van der Waals surface area contributed by atoms with E-state index in [4.69, 9.17) is 11.6 Å². The SMILES string of the molecule is CNCCn1cnc2c(Cl)ncnc21. The first kappa shape index (κ1) is 9.36. The predicted octanol–water partition coefficient (Wildman–Crippen LogP) is 0.699. The minimum Gasteiger partial charge on any atom is -0.318 e. The van der Waals surface area contributed by atoms with Crippen molar-refractivity contribution in [1.29, 1.82) is 0 Å². The molecular formula is C8H10ClN5. The molecule has 0 spiro atoms. The molecule has 0 radical (unpaired) electrons. The highest BCUT2D eigenvalue weighted by atomic mass is 35.5. The van der Waals surface area contributed by atoms with Gasteiger partial charge in [0, 0.05) is 13.1 Å². The number of halogens is 1. The summed E-state index contributed by atoms with van der Waals surface area (Å²) in [5.74, 6) is 0. The normalized spacial score (nSPS) is 11.0. The highest BCUT2D eigenvalue weighted by molar-refractivity contribution is 6.33. The summed E-state index contributed by atoms with van der Waals surface area (Å²) in [6.07, 6.45) is 3.17. The average molecular weight is 212 g/mol. The maximum atomic E-state index is 5.86. The first-order chi connectivity index (χ1) is 6.83. The van der Waals surface area contributed by atoms with E-state index < -0.39 is 0 Å². The smallest absolute Gasteiger partial charge is 0.164 e. The second-order valence-electron chi connectivity index (χ2n) is 2.88. The fourth-order valence-electron chi connectivity index (χ4n) is 1.25. The largest absolute Gasteiger partial charge is 0.318 e. The minimum atomic E-state index is 0.401. The third-order valence-corrected chi connectivity index (χ3v) is 2.24. The van der Waals surface area contributed by atoms with Crippen LogP contribution in [-0.4, -0.2) is 33.1 Å². The molecule has 0 saturated heterocycles. The van der Waals surface area contributed by atoms with E-state index in [0.717, 1.165) is 18.7 Å². The molecule has 0 amide bonds. The van der Waals surface area contributed by atoms with Crippen LogP contribution >= 0.6 is 11.6 Å². The second-order valence-corrected chi connectivity index (χ2v) is 3.24. The lowest BCUT2D eigenvalue weighted by Crippen LogP contribution is -2.14. The van der Waals surface area contributed by atoms with Gasteiger partial charge in [-0.15, -0.1) is 0 Å². The van der Waals surface area contributed by atoms with Crippen LogP contribution in [-0.2, 0) is 6.54 Å². The molecule has 0 saturated carbocycles. The Morgan fingerprint density at radius 1 is 1.43 bits per heavy atom. The van der Waals surface area contributed by atoms with Gasteiger partial charge >= 0.3 is 0 Å². The summed E-state index contributed by atoms with van der Waals surface area (Å²) in [6, 6.07) is 0. The number of likely N-dealkylation sites (N-methyl/N-ethyl adjacent to an activating group) is 1. The standard InChI is InChI=1S/C8H10ClN5/c1-10-2-3-14-5-13-6-7(9)11-4-12-8(6)14/h4-5,10H,2-3H2,1H3. The Hall–Kier alpha value is -1.20. The number of nitrogens with one attached hydrogen (secondary N) is 1. The molecule has 2 aromatic heterocycles. The Morgan fingerprint density at radius 3 is 3.07 bits per heavy atom. The number of aromatic nitrogens is 4. The summed E-state index contributed by atoms with van der Waals surface area (Å²) in [7, 11) is 1.90. The zero-order valence-electron chi connectivity index (χ0n) is 7.74. The molecule has 2 aromatic rings. The van der Waals surface area contributed by atoms with Crippen molar-refractivity contribution < 1.29 is 0 Å². The van der Waals surface area contributed by atoms with Gasteiger partial charge in [0.2, 0.25) is 0 Å². The Balaban J connectivity index is 2.42. The number of fused-ring (bicyclic) bond motifs is 1. The minimum absolute atomic E-state index is 0.401. The van der Waals surface area contributed by atoms with Crippen LogP contribution in [0.2, 0.25) is 5.15 Å². The molecule has 1 N–H and O–H groups in total. The number of hydrogen-bond acceptors (Lipinski definition) is 4. The van der Waals surface area contributed by atoms with E-state index in [1.165, 1.54) is 6.33 Å². The van der Waals surface area contributed by atoms with Crippen molar-refractivity contribution in [1.82, 2.24) is 24.8 Å². The summed E-state index contributed by atoms with van der Waals surface area (Å²) in [5, 5.41) is 3.46. The lowest BCUT2D eigenvalue weighted by atomic mass is 10.5. The fourth-order valence-corrected chi connectivity index (χ4v) is 1.42. The molecule has 0 atom stereocenters. The number of rotatable bonds is 3. The Kier molecular flexibility index (Phi) is 2.60. The lowest BCUT2D eigenvalue weighted by molar-refractivity contribution is 0.654. The van der Waals surface area contributed by atoms with Gasteiger partial charge in [-0.25, -0.2) is 15.0 Å². The Morgan fingerprint density at radius 2 is 2.29 bits per heavy atom. The van der Waals surface area contributed by atoms with Gasteiger partial charge in [0.25, 0.3) is 0 Å². The first-order valence-electron chi connectivity index (χ1n) is 4.29. The molecular weight excluding hydrogens is 202 g/mol. The van der Waals surface area contributed by atoms with Gasteiger partial charge < -0.3 is 9.88 Å². The predicted molar refractivity (Wildman–Crippen MR) is 54.3 cm³/mol. The van der Waals surface area contributed by atoms with Gasteiger partial charge in [-0.05, 0) is 7.05 Å². The van der Waals surface area contributed by atoms with Crippen molar-refractivity contribution in [2.45, 2.75) is 6.54 Å². The van der Waals surface area contributed by atoms with Gasteiger partial charge in [0.05, 0.1) is 6.33 Å². The third kappa shape index (κ3) is 1.56. The molecule has 0 aromatic carbocycles. The Bertz CT molecular complexity index is 438. The summed E-state index contributed by atoms with van der Waals surface area (Å²) in [5.41, 5.74) is 1.44. The maximum Gasteiger partial charge on any atom is 0.164 e. The molecule has 74 valence electrons. The van der Waals surface area contributed by atoms with Crippen molar-refractivity contribution >= 4 is 22.8 Å². The van der Waals surface area contributed by atoms with Crippen molar-refractivity contribution in [3.63, 3.8) is 0 Å². The van der Waals surface area contributed by atoms with Crippen LogP contribution in [0.15, 0.2) is 12.7 Å². The zero-order chi connectivity index (χ0) is 9.97. The van der Waals surface area contributed by atoms with Gasteiger partial charge in [-0.2, -0.15) is 0 Å². The Labute approximate surface area is 86.1 Å². The third-order valence-electron chi connectivity index (χ3n) is 1.96. The molecule has 2 rings (SSSR count). The molecule has 0 aliphatic carbocycles. The van der Waals surface area contributed by atoms with Crippen LogP contribution in [0.5, 0.6) is 0 Å². The number of hydrogen-bond donors (Lipinski definition) is 1. The van der Waals surface area contributed by atoms with Gasteiger partial charge in [0.15, 0.2) is 10.8 Å². The van der Waals surface area contributed by atoms with Crippen molar-refractivity contribution in [3.05, 3.63) is 17.8 Å². The molecule has 0 bridgehead atoms. The molecule has 14 heavy (non-hydrogen) atoms. The lowest BCUT2D eigenvalue weighted by Gasteiger charge is -2.01. The summed E-state index contributed by atoms with van der Waals surface area (Å²) in [6.45, 7) is 1.69. The van der Waals surface area contributed by atoms with E-state index >= 15 is 0 Å². The molecule has 0 unspecified atom stereocenters. The van der Waals surface area contributed by atoms with Gasteiger partial charge in [0.1, 0.15) is 11.8 Å². The van der Waals surface area contributed by atoms with Crippen LogP contribution in [0.25, 0.3) is 11.2 Å². The summed E-state index contributed by atoms with van der Waals surface area (Å²) in [4.78, 5) is 12.1. The second kappa shape index (κ2) is 3.89. The van der Waals surface area contributed by atoms with Crippen LogP contribution in [0.3, 0.4) is 0 Å². The van der Waals surface area contributed by atoms with Gasteiger partial charge in [-0.3, -0.25) is 0 Å². The highest BCUT2D eigenvalue weighted by Gasteiger charge is 2.06. The average Bonchev–Trinajstić information content (AvgIpc) is 2.60. The van der Waals surface area contributed by atoms with E-state index in [1.54, 1.807) is 6.33 Å². The van der Waals surface area contributed by atoms with Gasteiger partial charge in [-0.1, -0.05) is 11.6 Å². The first-order valence-corrected chi connectivity index (χ1v) is 4.66. The van der Waals surface area contributed by atoms with Crippen LogP contribution in [0, 0.1) is 0 Å². The van der Waals surface area contributed by atoms with Crippen molar-refractivity contribution in [3.8, 4) is 0 Å². The van der Waals surface area contributed by atoms with E-state index in [0.29, 0.717) is 10.7 Å². The van der Waals surface area contributed by atoms with E-state index in [9.17, 15) is 0 Å². The topological polar surface area (TPSA) is 55.6 Å². The number of imidazole rings is 1. The fraction of sp³-hybridized carbons (Fsp3) is 0.375. The van der Waals surface area contributed by atoms with Crippen LogP contribution in [0.4, 0.5) is 0 Å². The van der Waals surface area contributed by atoms with E-state index in [-0.39, 0.29) is 0 Å².